The molecule has 2 aliphatic rings. The first-order valence-electron chi connectivity index (χ1n) is 9.82. The van der Waals surface area contributed by atoms with Crippen molar-refractivity contribution in [2.24, 2.45) is 5.41 Å². The zero-order chi connectivity index (χ0) is 17.8. The number of aromatic nitrogens is 2. The molecule has 0 radical (unpaired) electrons. The number of nitrogens with zero attached hydrogens (tertiary/aromatic N) is 2. The number of carbonyl (C=O) groups excluding carboxylic acids is 1. The van der Waals surface area contributed by atoms with Gasteiger partial charge < -0.3 is 10.6 Å². The molecule has 26 heavy (non-hydrogen) atoms. The average Bonchev–Trinajstić information content (AvgIpc) is 3.15. The van der Waals surface area contributed by atoms with Crippen LogP contribution in [0.2, 0.25) is 0 Å². The van der Waals surface area contributed by atoms with E-state index < -0.39 is 0 Å². The molecule has 2 N–H and O–H groups in total. The van der Waals surface area contributed by atoms with Crippen LogP contribution in [0, 0.1) is 5.41 Å². The van der Waals surface area contributed by atoms with Crippen LogP contribution in [0.15, 0.2) is 42.6 Å². The van der Waals surface area contributed by atoms with Gasteiger partial charge in [0.15, 0.2) is 0 Å². The van der Waals surface area contributed by atoms with E-state index in [-0.39, 0.29) is 11.3 Å². The van der Waals surface area contributed by atoms with E-state index >= 15 is 0 Å². The summed E-state index contributed by atoms with van der Waals surface area (Å²) in [5.74, 6) is -0.0492. The lowest BCUT2D eigenvalue weighted by molar-refractivity contribution is 0.0854. The van der Waals surface area contributed by atoms with E-state index in [0.717, 1.165) is 38.9 Å². The first-order chi connectivity index (χ1) is 12.7. The highest BCUT2D eigenvalue weighted by molar-refractivity contribution is 5.92. The quantitative estimate of drug-likeness (QED) is 0.840. The SMILES string of the molecule is O=C(NCC1(Cc2ccccc2)CCC1)c1ccn(C2CCCNC2)n1. The Labute approximate surface area is 155 Å². The fourth-order valence-corrected chi connectivity index (χ4v) is 4.20. The van der Waals surface area contributed by atoms with Crippen LogP contribution in [0.25, 0.3) is 0 Å². The molecule has 1 saturated carbocycles. The Balaban J connectivity index is 1.35. The van der Waals surface area contributed by atoms with Gasteiger partial charge >= 0.3 is 0 Å². The van der Waals surface area contributed by atoms with Gasteiger partial charge in [-0.2, -0.15) is 5.10 Å². The molecule has 1 unspecified atom stereocenters. The van der Waals surface area contributed by atoms with Crippen LogP contribution in [-0.2, 0) is 6.42 Å². The molecule has 1 atom stereocenters. The molecular weight excluding hydrogens is 324 g/mol. The molecule has 1 aromatic heterocycles. The molecule has 138 valence electrons. The molecule has 2 fully saturated rings. The number of carbonyl (C=O) groups is 1. The van der Waals surface area contributed by atoms with Crippen LogP contribution in [0.4, 0.5) is 0 Å². The van der Waals surface area contributed by atoms with Crippen molar-refractivity contribution in [1.82, 2.24) is 20.4 Å². The third-order valence-electron chi connectivity index (χ3n) is 5.95. The third kappa shape index (κ3) is 3.83. The second kappa shape index (κ2) is 7.62. The van der Waals surface area contributed by atoms with Crippen molar-refractivity contribution in [2.45, 2.75) is 44.6 Å². The minimum Gasteiger partial charge on any atom is -0.350 e. The van der Waals surface area contributed by atoms with Gasteiger partial charge in [0.1, 0.15) is 5.69 Å². The summed E-state index contributed by atoms with van der Waals surface area (Å²) in [7, 11) is 0. The zero-order valence-corrected chi connectivity index (χ0v) is 15.3. The molecule has 0 bridgehead atoms. The van der Waals surface area contributed by atoms with E-state index in [2.05, 4.69) is 46.1 Å². The van der Waals surface area contributed by atoms with Crippen molar-refractivity contribution in [2.75, 3.05) is 19.6 Å². The average molecular weight is 352 g/mol. The van der Waals surface area contributed by atoms with E-state index in [1.807, 2.05) is 16.9 Å². The van der Waals surface area contributed by atoms with Crippen molar-refractivity contribution in [3.05, 3.63) is 53.9 Å². The number of benzene rings is 1. The smallest absolute Gasteiger partial charge is 0.271 e. The van der Waals surface area contributed by atoms with E-state index in [1.165, 1.54) is 24.8 Å². The Hall–Kier alpha value is -2.14. The van der Waals surface area contributed by atoms with Crippen LogP contribution < -0.4 is 10.6 Å². The fourth-order valence-electron chi connectivity index (χ4n) is 4.20. The summed E-state index contributed by atoms with van der Waals surface area (Å²) in [6.07, 6.45) is 8.89. The van der Waals surface area contributed by atoms with Gasteiger partial charge in [-0.3, -0.25) is 9.48 Å². The van der Waals surface area contributed by atoms with Crippen LogP contribution in [0.1, 0.15) is 54.2 Å². The van der Waals surface area contributed by atoms with Crippen molar-refractivity contribution in [3.8, 4) is 0 Å². The van der Waals surface area contributed by atoms with Crippen molar-refractivity contribution >= 4 is 5.91 Å². The van der Waals surface area contributed by atoms with Crippen LogP contribution in [-0.4, -0.2) is 35.3 Å². The topological polar surface area (TPSA) is 59.0 Å². The first-order valence-corrected chi connectivity index (χ1v) is 9.82. The molecule has 1 saturated heterocycles. The predicted molar refractivity (Wildman–Crippen MR) is 102 cm³/mol. The summed E-state index contributed by atoms with van der Waals surface area (Å²) in [5, 5.41) is 11.1. The predicted octanol–water partition coefficient (Wildman–Crippen LogP) is 2.95. The van der Waals surface area contributed by atoms with Gasteiger partial charge in [0.2, 0.25) is 0 Å². The minimum absolute atomic E-state index is 0.0492. The van der Waals surface area contributed by atoms with Gasteiger partial charge in [0.25, 0.3) is 5.91 Å². The van der Waals surface area contributed by atoms with E-state index in [1.54, 1.807) is 0 Å². The van der Waals surface area contributed by atoms with Crippen molar-refractivity contribution < 1.29 is 4.79 Å². The highest BCUT2D eigenvalue weighted by atomic mass is 16.1. The summed E-state index contributed by atoms with van der Waals surface area (Å²) in [6, 6.07) is 12.8. The first kappa shape index (κ1) is 17.3. The van der Waals surface area contributed by atoms with Gasteiger partial charge in [-0.15, -0.1) is 0 Å². The maximum Gasteiger partial charge on any atom is 0.271 e. The number of hydrogen-bond acceptors (Lipinski definition) is 3. The number of rotatable bonds is 6. The minimum atomic E-state index is -0.0492. The summed E-state index contributed by atoms with van der Waals surface area (Å²) in [5.41, 5.74) is 2.10. The Bertz CT molecular complexity index is 729. The highest BCUT2D eigenvalue weighted by Crippen LogP contribution is 2.43. The fraction of sp³-hybridized carbons (Fsp3) is 0.524. The van der Waals surface area contributed by atoms with E-state index in [4.69, 9.17) is 0 Å². The monoisotopic (exact) mass is 352 g/mol. The van der Waals surface area contributed by atoms with Crippen molar-refractivity contribution in [1.29, 1.82) is 0 Å². The molecule has 1 aromatic carbocycles. The molecule has 0 spiro atoms. The largest absolute Gasteiger partial charge is 0.350 e. The molecule has 1 amide bonds. The maximum atomic E-state index is 12.6. The van der Waals surface area contributed by atoms with Gasteiger partial charge in [0.05, 0.1) is 6.04 Å². The molecule has 1 aliphatic carbocycles. The lowest BCUT2D eigenvalue weighted by Gasteiger charge is -2.42. The van der Waals surface area contributed by atoms with Crippen LogP contribution in [0.3, 0.4) is 0 Å². The van der Waals surface area contributed by atoms with Gasteiger partial charge in [-0.1, -0.05) is 36.8 Å². The summed E-state index contributed by atoms with van der Waals surface area (Å²) in [6.45, 7) is 2.75. The Morgan fingerprint density at radius 3 is 2.77 bits per heavy atom. The number of amides is 1. The molecular formula is C21H28N4O. The zero-order valence-electron chi connectivity index (χ0n) is 15.3. The van der Waals surface area contributed by atoms with E-state index in [0.29, 0.717) is 11.7 Å². The van der Waals surface area contributed by atoms with Crippen molar-refractivity contribution in [3.63, 3.8) is 0 Å². The standard InChI is InChI=1S/C21H28N4O/c26-20(19-9-13-25(24-19)18-8-4-12-22-15-18)23-16-21(10-5-11-21)14-17-6-2-1-3-7-17/h1-3,6-7,9,13,18,22H,4-5,8,10-12,14-16H2,(H,23,26). The second-order valence-electron chi connectivity index (χ2n) is 7.88. The van der Waals surface area contributed by atoms with Crippen LogP contribution >= 0.6 is 0 Å². The Morgan fingerprint density at radius 1 is 1.23 bits per heavy atom. The van der Waals surface area contributed by atoms with E-state index in [9.17, 15) is 4.79 Å². The molecule has 2 aromatic rings. The number of piperidine rings is 1. The van der Waals surface area contributed by atoms with Gasteiger partial charge in [0, 0.05) is 19.3 Å². The summed E-state index contributed by atoms with van der Waals surface area (Å²) < 4.78 is 1.95. The third-order valence-corrected chi connectivity index (χ3v) is 5.95. The lowest BCUT2D eigenvalue weighted by Crippen LogP contribution is -2.43. The second-order valence-corrected chi connectivity index (χ2v) is 7.88. The molecule has 4 rings (SSSR count). The summed E-state index contributed by atoms with van der Waals surface area (Å²) in [4.78, 5) is 12.6. The summed E-state index contributed by atoms with van der Waals surface area (Å²) >= 11 is 0. The molecule has 2 heterocycles. The molecule has 1 aliphatic heterocycles. The van der Waals surface area contributed by atoms with Crippen LogP contribution in [0.5, 0.6) is 0 Å². The molecule has 5 nitrogen and oxygen atoms in total. The Kier molecular flexibility index (Phi) is 5.07. The molecule has 5 heteroatoms. The Morgan fingerprint density at radius 2 is 2.08 bits per heavy atom. The van der Waals surface area contributed by atoms with Gasteiger partial charge in [-0.05, 0) is 55.7 Å². The number of nitrogens with one attached hydrogen (secondary N) is 2. The van der Waals surface area contributed by atoms with Gasteiger partial charge in [-0.25, -0.2) is 0 Å². The maximum absolute atomic E-state index is 12.6. The highest BCUT2D eigenvalue weighted by Gasteiger charge is 2.37. The normalized spacial score (nSPS) is 21.8. The lowest BCUT2D eigenvalue weighted by atomic mass is 9.65. The number of hydrogen-bond donors (Lipinski definition) is 2.